The van der Waals surface area contributed by atoms with Crippen LogP contribution in [0.3, 0.4) is 0 Å². The summed E-state index contributed by atoms with van der Waals surface area (Å²) in [5.74, 6) is 0.235. The molecule has 3 heteroatoms. The van der Waals surface area contributed by atoms with E-state index in [9.17, 15) is 0 Å². The molecule has 9 heavy (non-hydrogen) atoms. The maximum absolute atomic E-state index is 8.96. The predicted octanol–water partition coefficient (Wildman–Crippen LogP) is 2.29. The van der Waals surface area contributed by atoms with Crippen LogP contribution < -0.4 is 0 Å². The highest BCUT2D eigenvalue weighted by molar-refractivity contribution is 14.1. The summed E-state index contributed by atoms with van der Waals surface area (Å²) < 4.78 is 1.08. The number of benzene rings is 1. The summed E-state index contributed by atoms with van der Waals surface area (Å²) in [6.45, 7) is 0. The Morgan fingerprint density at radius 3 is 2.56 bits per heavy atom. The first-order chi connectivity index (χ1) is 4.20. The van der Waals surface area contributed by atoms with Crippen molar-refractivity contribution in [2.75, 3.05) is 0 Å². The molecule has 0 atom stereocenters. The van der Waals surface area contributed by atoms with Gasteiger partial charge in [0.05, 0.1) is 0 Å². The van der Waals surface area contributed by atoms with Crippen LogP contribution in [0.15, 0.2) is 23.1 Å². The van der Waals surface area contributed by atoms with Gasteiger partial charge in [-0.3, -0.25) is 0 Å². The minimum absolute atomic E-state index is 0.235. The molecule has 0 aromatic heterocycles. The summed E-state index contributed by atoms with van der Waals surface area (Å²) in [5.41, 5.74) is 0. The minimum Gasteiger partial charge on any atom is -0.507 e. The Bertz CT molecular complexity index is 224. The van der Waals surface area contributed by atoms with E-state index in [1.807, 2.05) is 6.07 Å². The molecule has 1 nitrogen and oxygen atoms in total. The summed E-state index contributed by atoms with van der Waals surface area (Å²) in [5, 5.41) is 8.96. The summed E-state index contributed by atoms with van der Waals surface area (Å²) >= 11 is 6.17. The lowest BCUT2D eigenvalue weighted by Crippen LogP contribution is -1.71. The van der Waals surface area contributed by atoms with E-state index in [1.54, 1.807) is 12.1 Å². The van der Waals surface area contributed by atoms with Gasteiger partial charge in [0.2, 0.25) is 0 Å². The average molecular weight is 252 g/mol. The van der Waals surface area contributed by atoms with Crippen molar-refractivity contribution >= 4 is 35.2 Å². The molecule has 0 amide bonds. The van der Waals surface area contributed by atoms with Crippen molar-refractivity contribution in [2.45, 2.75) is 4.90 Å². The van der Waals surface area contributed by atoms with Gasteiger partial charge in [0.1, 0.15) is 5.75 Å². The second kappa shape index (κ2) is 2.79. The first-order valence-corrected chi connectivity index (χ1v) is 3.90. The highest BCUT2D eigenvalue weighted by Crippen LogP contribution is 2.22. The lowest BCUT2D eigenvalue weighted by Gasteiger charge is -1.95. The highest BCUT2D eigenvalue weighted by Gasteiger charge is 1.93. The van der Waals surface area contributed by atoms with Crippen LogP contribution in [0.4, 0.5) is 0 Å². The third kappa shape index (κ3) is 1.76. The number of phenolic OH excluding ortho intramolecular Hbond substituents is 1. The van der Waals surface area contributed by atoms with E-state index in [0.29, 0.717) is 4.90 Å². The van der Waals surface area contributed by atoms with Crippen LogP contribution >= 0.6 is 35.2 Å². The average Bonchev–Trinajstić information content (AvgIpc) is 1.80. The lowest BCUT2D eigenvalue weighted by atomic mass is 10.3. The van der Waals surface area contributed by atoms with Crippen LogP contribution in [0, 0.1) is 3.57 Å². The first kappa shape index (κ1) is 7.21. The molecule has 48 valence electrons. The summed E-state index contributed by atoms with van der Waals surface area (Å²) in [6.07, 6.45) is 0. The molecule has 0 saturated heterocycles. The zero-order valence-electron chi connectivity index (χ0n) is 4.50. The van der Waals surface area contributed by atoms with Gasteiger partial charge < -0.3 is 5.11 Å². The van der Waals surface area contributed by atoms with Gasteiger partial charge >= 0.3 is 0 Å². The highest BCUT2D eigenvalue weighted by atomic mass is 127. The van der Waals surface area contributed by atoms with Crippen molar-refractivity contribution in [2.24, 2.45) is 0 Å². The van der Waals surface area contributed by atoms with Crippen LogP contribution in [0.2, 0.25) is 0 Å². The summed E-state index contributed by atoms with van der Waals surface area (Å²) in [6, 6.07) is 5.26. The van der Waals surface area contributed by atoms with Crippen molar-refractivity contribution in [3.05, 3.63) is 21.8 Å². The molecule has 1 N–H and O–H groups in total. The van der Waals surface area contributed by atoms with Crippen molar-refractivity contribution < 1.29 is 5.11 Å². The molecule has 0 spiro atoms. The van der Waals surface area contributed by atoms with Gasteiger partial charge in [-0.05, 0) is 40.8 Å². The lowest BCUT2D eigenvalue weighted by molar-refractivity contribution is 0.462. The SMILES string of the molecule is Oc1ccc(I)cc1S. The molecule has 0 fully saturated rings. The molecule has 1 aromatic rings. The first-order valence-electron chi connectivity index (χ1n) is 2.37. The Balaban J connectivity index is 3.17. The molecule has 0 saturated carbocycles. The number of aromatic hydroxyl groups is 1. The van der Waals surface area contributed by atoms with Crippen molar-refractivity contribution in [1.82, 2.24) is 0 Å². The maximum Gasteiger partial charge on any atom is 0.128 e. The number of rotatable bonds is 0. The van der Waals surface area contributed by atoms with E-state index in [0.717, 1.165) is 3.57 Å². The Morgan fingerprint density at radius 1 is 1.44 bits per heavy atom. The molecule has 1 rings (SSSR count). The standard InChI is InChI=1S/C6H5IOS/c7-4-1-2-5(8)6(9)3-4/h1-3,8-9H. The van der Waals surface area contributed by atoms with Gasteiger partial charge in [-0.25, -0.2) is 0 Å². The molecule has 0 radical (unpaired) electrons. The number of hydrogen-bond donors (Lipinski definition) is 2. The Labute approximate surface area is 72.6 Å². The number of phenols is 1. The van der Waals surface area contributed by atoms with Gasteiger partial charge in [-0.15, -0.1) is 12.6 Å². The van der Waals surface area contributed by atoms with Crippen LogP contribution in [0.1, 0.15) is 0 Å². The smallest absolute Gasteiger partial charge is 0.128 e. The fourth-order valence-electron chi connectivity index (χ4n) is 0.497. The molecular formula is C6H5IOS. The molecule has 0 aliphatic heterocycles. The minimum atomic E-state index is 0.235. The monoisotopic (exact) mass is 252 g/mol. The van der Waals surface area contributed by atoms with Gasteiger partial charge in [0.15, 0.2) is 0 Å². The van der Waals surface area contributed by atoms with E-state index in [1.165, 1.54) is 0 Å². The van der Waals surface area contributed by atoms with Crippen LogP contribution in [-0.4, -0.2) is 5.11 Å². The molecule has 0 aliphatic carbocycles. The van der Waals surface area contributed by atoms with Crippen LogP contribution in [-0.2, 0) is 0 Å². The molecule has 1 aromatic carbocycles. The summed E-state index contributed by atoms with van der Waals surface area (Å²) in [7, 11) is 0. The van der Waals surface area contributed by atoms with E-state index in [-0.39, 0.29) is 5.75 Å². The fraction of sp³-hybridized carbons (Fsp3) is 0. The largest absolute Gasteiger partial charge is 0.507 e. The van der Waals surface area contributed by atoms with E-state index in [4.69, 9.17) is 5.11 Å². The van der Waals surface area contributed by atoms with Crippen LogP contribution in [0.25, 0.3) is 0 Å². The molecule has 0 heterocycles. The quantitative estimate of drug-likeness (QED) is 0.536. The van der Waals surface area contributed by atoms with Gasteiger partial charge in [-0.2, -0.15) is 0 Å². The molecule has 0 aliphatic rings. The number of halogens is 1. The zero-order chi connectivity index (χ0) is 6.85. The Morgan fingerprint density at radius 2 is 2.11 bits per heavy atom. The second-order valence-electron chi connectivity index (χ2n) is 1.63. The van der Waals surface area contributed by atoms with Crippen molar-refractivity contribution in [3.8, 4) is 5.75 Å². The van der Waals surface area contributed by atoms with E-state index in [2.05, 4.69) is 35.2 Å². The predicted molar refractivity (Wildman–Crippen MR) is 48.1 cm³/mol. The normalized spacial score (nSPS) is 9.56. The van der Waals surface area contributed by atoms with Crippen molar-refractivity contribution in [3.63, 3.8) is 0 Å². The second-order valence-corrected chi connectivity index (χ2v) is 3.36. The van der Waals surface area contributed by atoms with Gasteiger partial charge in [0.25, 0.3) is 0 Å². The van der Waals surface area contributed by atoms with E-state index < -0.39 is 0 Å². The Kier molecular flexibility index (Phi) is 2.23. The van der Waals surface area contributed by atoms with E-state index >= 15 is 0 Å². The third-order valence-corrected chi connectivity index (χ3v) is 1.97. The topological polar surface area (TPSA) is 20.2 Å². The number of hydrogen-bond acceptors (Lipinski definition) is 2. The van der Waals surface area contributed by atoms with Crippen molar-refractivity contribution in [1.29, 1.82) is 0 Å². The number of thiol groups is 1. The van der Waals surface area contributed by atoms with Crippen LogP contribution in [0.5, 0.6) is 5.75 Å². The zero-order valence-corrected chi connectivity index (χ0v) is 7.56. The fourth-order valence-corrected chi connectivity index (χ4v) is 1.45. The molecule has 0 unspecified atom stereocenters. The van der Waals surface area contributed by atoms with Gasteiger partial charge in [-0.1, -0.05) is 0 Å². The third-order valence-electron chi connectivity index (χ3n) is 0.937. The molecule has 0 bridgehead atoms. The summed E-state index contributed by atoms with van der Waals surface area (Å²) in [4.78, 5) is 0.627. The molecular weight excluding hydrogens is 247 g/mol. The van der Waals surface area contributed by atoms with Gasteiger partial charge in [0, 0.05) is 8.47 Å². The maximum atomic E-state index is 8.96. The Hall–Kier alpha value is 0.1000.